The number of non-ortho nitro benzene ring substituents is 1. The first kappa shape index (κ1) is 14.4. The van der Waals surface area contributed by atoms with Crippen LogP contribution in [-0.2, 0) is 0 Å². The molecule has 2 rings (SSSR count). The Morgan fingerprint density at radius 3 is 2.52 bits per heavy atom. The van der Waals surface area contributed by atoms with Crippen LogP contribution < -0.4 is 4.74 Å². The maximum Gasteiger partial charge on any atom is 0.337 e. The third-order valence-corrected chi connectivity index (χ3v) is 2.85. The zero-order valence-corrected chi connectivity index (χ0v) is 11.4. The number of pyridine rings is 1. The van der Waals surface area contributed by atoms with Crippen LogP contribution in [0.2, 0.25) is 0 Å². The van der Waals surface area contributed by atoms with Gasteiger partial charge in [-0.2, -0.15) is 0 Å². The number of carboxylic acids is 1. The van der Waals surface area contributed by atoms with Crippen LogP contribution in [0.1, 0.15) is 21.5 Å². The third-order valence-electron chi connectivity index (χ3n) is 2.85. The van der Waals surface area contributed by atoms with Gasteiger partial charge in [0.15, 0.2) is 0 Å². The Morgan fingerprint density at radius 1 is 1.29 bits per heavy atom. The van der Waals surface area contributed by atoms with Gasteiger partial charge in [-0.15, -0.1) is 0 Å². The fourth-order valence-electron chi connectivity index (χ4n) is 1.75. The maximum atomic E-state index is 10.8. The Labute approximate surface area is 120 Å². The molecule has 0 fully saturated rings. The van der Waals surface area contributed by atoms with Crippen LogP contribution in [0.25, 0.3) is 0 Å². The van der Waals surface area contributed by atoms with Gasteiger partial charge in [0.05, 0.1) is 10.5 Å². The van der Waals surface area contributed by atoms with Gasteiger partial charge in [0.1, 0.15) is 5.75 Å². The smallest absolute Gasteiger partial charge is 0.337 e. The third kappa shape index (κ3) is 3.14. The van der Waals surface area contributed by atoms with Crippen LogP contribution in [0.3, 0.4) is 0 Å². The summed E-state index contributed by atoms with van der Waals surface area (Å²) in [5.41, 5.74) is 1.20. The molecule has 1 N–H and O–H groups in total. The fraction of sp³-hybridized carbons (Fsp3) is 0.143. The van der Waals surface area contributed by atoms with Gasteiger partial charge in [0.25, 0.3) is 5.69 Å². The van der Waals surface area contributed by atoms with E-state index in [-0.39, 0.29) is 17.1 Å². The average Bonchev–Trinajstić information content (AvgIpc) is 2.42. The zero-order chi connectivity index (χ0) is 15.6. The second-order valence-corrected chi connectivity index (χ2v) is 4.46. The number of hydrogen-bond donors (Lipinski definition) is 1. The number of nitrogens with zero attached hydrogens (tertiary/aromatic N) is 2. The van der Waals surface area contributed by atoms with Crippen molar-refractivity contribution in [1.82, 2.24) is 4.98 Å². The van der Waals surface area contributed by atoms with Gasteiger partial charge in [0, 0.05) is 23.9 Å². The van der Waals surface area contributed by atoms with Crippen molar-refractivity contribution in [3.63, 3.8) is 0 Å². The first-order valence-corrected chi connectivity index (χ1v) is 6.01. The van der Waals surface area contributed by atoms with Crippen molar-refractivity contribution in [3.05, 3.63) is 57.3 Å². The van der Waals surface area contributed by atoms with E-state index in [2.05, 4.69) is 4.98 Å². The minimum Gasteiger partial charge on any atom is -0.478 e. The summed E-state index contributed by atoms with van der Waals surface area (Å²) >= 11 is 0. The molecule has 1 heterocycles. The van der Waals surface area contributed by atoms with E-state index in [9.17, 15) is 14.9 Å². The molecule has 0 aliphatic rings. The lowest BCUT2D eigenvalue weighted by Crippen LogP contribution is -2.00. The number of nitro groups is 1. The summed E-state index contributed by atoms with van der Waals surface area (Å²) in [6, 6.07) is 5.67. The van der Waals surface area contributed by atoms with Gasteiger partial charge >= 0.3 is 5.97 Å². The molecule has 1 aromatic heterocycles. The van der Waals surface area contributed by atoms with Crippen molar-refractivity contribution in [1.29, 1.82) is 0 Å². The number of aryl methyl sites for hydroxylation is 2. The molecule has 0 bridgehead atoms. The van der Waals surface area contributed by atoms with Crippen molar-refractivity contribution < 1.29 is 19.6 Å². The molecule has 0 amide bonds. The average molecular weight is 288 g/mol. The molecule has 2 aromatic rings. The summed E-state index contributed by atoms with van der Waals surface area (Å²) in [5, 5.41) is 19.5. The van der Waals surface area contributed by atoms with Crippen molar-refractivity contribution in [2.24, 2.45) is 0 Å². The quantitative estimate of drug-likeness (QED) is 0.685. The normalized spacial score (nSPS) is 10.2. The van der Waals surface area contributed by atoms with Gasteiger partial charge in [-0.05, 0) is 31.5 Å². The molecule has 108 valence electrons. The molecule has 0 radical (unpaired) electrons. The molecule has 0 atom stereocenters. The van der Waals surface area contributed by atoms with Crippen LogP contribution in [-0.4, -0.2) is 21.0 Å². The van der Waals surface area contributed by atoms with E-state index in [1.807, 2.05) is 0 Å². The van der Waals surface area contributed by atoms with E-state index in [4.69, 9.17) is 9.84 Å². The summed E-state index contributed by atoms with van der Waals surface area (Å²) in [6.45, 7) is 3.36. The number of rotatable bonds is 4. The molecule has 0 aliphatic heterocycles. The molecule has 21 heavy (non-hydrogen) atoms. The monoisotopic (exact) mass is 288 g/mol. The Bertz CT molecular complexity index is 666. The highest BCUT2D eigenvalue weighted by atomic mass is 16.6. The van der Waals surface area contributed by atoms with Crippen molar-refractivity contribution >= 4 is 11.7 Å². The van der Waals surface area contributed by atoms with Crippen molar-refractivity contribution in [2.45, 2.75) is 13.8 Å². The minimum atomic E-state index is -1.07. The number of ether oxygens (including phenoxy) is 1. The highest BCUT2D eigenvalue weighted by Crippen LogP contribution is 2.28. The zero-order valence-electron chi connectivity index (χ0n) is 11.4. The second-order valence-electron chi connectivity index (χ2n) is 4.46. The molecule has 0 spiro atoms. The predicted molar refractivity (Wildman–Crippen MR) is 73.8 cm³/mol. The van der Waals surface area contributed by atoms with Crippen LogP contribution >= 0.6 is 0 Å². The fourth-order valence-corrected chi connectivity index (χ4v) is 1.75. The molecular weight excluding hydrogens is 276 g/mol. The van der Waals surface area contributed by atoms with Crippen molar-refractivity contribution in [2.75, 3.05) is 0 Å². The molecule has 0 saturated carbocycles. The van der Waals surface area contributed by atoms with E-state index in [1.54, 1.807) is 13.8 Å². The lowest BCUT2D eigenvalue weighted by Gasteiger charge is -2.10. The van der Waals surface area contributed by atoms with Crippen LogP contribution in [0.5, 0.6) is 11.6 Å². The summed E-state index contributed by atoms with van der Waals surface area (Å²) in [7, 11) is 0. The first-order chi connectivity index (χ1) is 9.88. The number of aromatic carboxylic acids is 1. The number of carboxylic acid groups (broad SMARTS) is 1. The molecule has 7 heteroatoms. The van der Waals surface area contributed by atoms with Crippen LogP contribution in [0, 0.1) is 24.0 Å². The molecule has 0 unspecified atom stereocenters. The molecule has 0 saturated heterocycles. The van der Waals surface area contributed by atoms with Crippen LogP contribution in [0.15, 0.2) is 30.5 Å². The van der Waals surface area contributed by atoms with Gasteiger partial charge < -0.3 is 9.84 Å². The minimum absolute atomic E-state index is 0.0224. The second kappa shape index (κ2) is 5.58. The van der Waals surface area contributed by atoms with Gasteiger partial charge in [-0.3, -0.25) is 10.1 Å². The topological polar surface area (TPSA) is 103 Å². The number of benzene rings is 1. The highest BCUT2D eigenvalue weighted by molar-refractivity contribution is 5.87. The molecule has 1 aromatic carbocycles. The standard InChI is InChI=1S/C14H12N2O5/c1-8-6-11(16(19)20)3-4-12(8)21-13-9(2)5-10(7-15-13)14(17)18/h3-7H,1-2H3,(H,17,18). The van der Waals surface area contributed by atoms with E-state index in [0.717, 1.165) is 0 Å². The Morgan fingerprint density at radius 2 is 2.00 bits per heavy atom. The number of carbonyl (C=O) groups is 1. The molecular formula is C14H12N2O5. The summed E-state index contributed by atoms with van der Waals surface area (Å²) in [4.78, 5) is 25.0. The Hall–Kier alpha value is -2.96. The Balaban J connectivity index is 2.30. The summed E-state index contributed by atoms with van der Waals surface area (Å²) in [5.74, 6) is -0.375. The number of hydrogen-bond acceptors (Lipinski definition) is 5. The van der Waals surface area contributed by atoms with Crippen molar-refractivity contribution in [3.8, 4) is 11.6 Å². The molecule has 7 nitrogen and oxygen atoms in total. The maximum absolute atomic E-state index is 10.8. The SMILES string of the molecule is Cc1cc([N+](=O)[O-])ccc1Oc1ncc(C(=O)O)cc1C. The van der Waals surface area contributed by atoms with E-state index >= 15 is 0 Å². The first-order valence-electron chi connectivity index (χ1n) is 6.01. The number of nitro benzene ring substituents is 1. The van der Waals surface area contributed by atoms with E-state index in [1.165, 1.54) is 30.5 Å². The van der Waals surface area contributed by atoms with E-state index in [0.29, 0.717) is 16.9 Å². The highest BCUT2D eigenvalue weighted by Gasteiger charge is 2.12. The summed E-state index contributed by atoms with van der Waals surface area (Å²) in [6.07, 6.45) is 1.20. The van der Waals surface area contributed by atoms with Gasteiger partial charge in [0.2, 0.25) is 5.88 Å². The van der Waals surface area contributed by atoms with Gasteiger partial charge in [-0.25, -0.2) is 9.78 Å². The lowest BCUT2D eigenvalue weighted by molar-refractivity contribution is -0.384. The lowest BCUT2D eigenvalue weighted by atomic mass is 10.2. The van der Waals surface area contributed by atoms with Crippen LogP contribution in [0.4, 0.5) is 5.69 Å². The predicted octanol–water partition coefficient (Wildman–Crippen LogP) is 3.10. The van der Waals surface area contributed by atoms with Gasteiger partial charge in [-0.1, -0.05) is 0 Å². The Kier molecular flexibility index (Phi) is 3.84. The summed E-state index contributed by atoms with van der Waals surface area (Å²) < 4.78 is 5.58. The molecule has 0 aliphatic carbocycles. The largest absolute Gasteiger partial charge is 0.478 e. The van der Waals surface area contributed by atoms with E-state index < -0.39 is 10.9 Å². The number of aromatic nitrogens is 1.